The molecule has 0 fully saturated rings. The second-order valence-electron chi connectivity index (χ2n) is 5.29. The van der Waals surface area contributed by atoms with Crippen molar-refractivity contribution in [2.75, 3.05) is 7.05 Å². The van der Waals surface area contributed by atoms with Crippen LogP contribution in [0.5, 0.6) is 5.75 Å². The normalized spacial score (nSPS) is 11.3. The summed E-state index contributed by atoms with van der Waals surface area (Å²) in [6, 6.07) is 5.66. The largest absolute Gasteiger partial charge is 0.487 e. The highest BCUT2D eigenvalue weighted by molar-refractivity contribution is 7.09. The van der Waals surface area contributed by atoms with Crippen molar-refractivity contribution in [2.45, 2.75) is 26.6 Å². The number of esters is 1. The third kappa shape index (κ3) is 5.55. The minimum absolute atomic E-state index is 0.265. The van der Waals surface area contributed by atoms with Gasteiger partial charge in [0, 0.05) is 12.4 Å². The Bertz CT molecular complexity index is 788. The highest BCUT2D eigenvalue weighted by Crippen LogP contribution is 2.16. The van der Waals surface area contributed by atoms with E-state index in [1.807, 2.05) is 17.6 Å². The summed E-state index contributed by atoms with van der Waals surface area (Å²) in [5.41, 5.74) is 1.10. The van der Waals surface area contributed by atoms with Gasteiger partial charge in [-0.05, 0) is 38.1 Å². The average molecular weight is 377 g/mol. The monoisotopic (exact) mass is 377 g/mol. The number of carbonyl (C=O) groups is 3. The van der Waals surface area contributed by atoms with E-state index in [9.17, 15) is 14.4 Å². The van der Waals surface area contributed by atoms with Gasteiger partial charge in [0.2, 0.25) is 0 Å². The molecule has 0 unspecified atom stereocenters. The maximum absolute atomic E-state index is 12.1. The number of nitrogens with one attached hydrogen (secondary N) is 2. The van der Waals surface area contributed by atoms with Crippen LogP contribution in [-0.4, -0.2) is 36.0 Å². The predicted octanol–water partition coefficient (Wildman–Crippen LogP) is 2.03. The van der Waals surface area contributed by atoms with E-state index in [1.54, 1.807) is 23.5 Å². The third-order valence-electron chi connectivity index (χ3n) is 3.26. The first-order chi connectivity index (χ1) is 12.4. The molecule has 0 aliphatic carbocycles. The molecule has 0 bridgehead atoms. The minimum Gasteiger partial charge on any atom is -0.487 e. The SMILES string of the molecule is CNC(=O)NC(=O)[C@H](C)OC(=O)c1ccc(OCc2csc(C)n2)cc1. The summed E-state index contributed by atoms with van der Waals surface area (Å²) >= 11 is 1.55. The molecule has 138 valence electrons. The van der Waals surface area contributed by atoms with Gasteiger partial charge in [0.25, 0.3) is 5.91 Å². The zero-order valence-electron chi connectivity index (χ0n) is 14.6. The van der Waals surface area contributed by atoms with Gasteiger partial charge >= 0.3 is 12.0 Å². The first kappa shape index (κ1) is 19.4. The maximum Gasteiger partial charge on any atom is 0.338 e. The highest BCUT2D eigenvalue weighted by atomic mass is 32.1. The fourth-order valence-corrected chi connectivity index (χ4v) is 2.47. The minimum atomic E-state index is -1.11. The van der Waals surface area contributed by atoms with Crippen molar-refractivity contribution in [3.8, 4) is 5.75 Å². The van der Waals surface area contributed by atoms with Crippen LogP contribution in [0.15, 0.2) is 29.6 Å². The van der Waals surface area contributed by atoms with E-state index in [0.717, 1.165) is 10.7 Å². The summed E-state index contributed by atoms with van der Waals surface area (Å²) < 4.78 is 10.6. The molecule has 0 radical (unpaired) electrons. The quantitative estimate of drug-likeness (QED) is 0.746. The molecule has 8 nitrogen and oxygen atoms in total. The number of benzene rings is 1. The molecule has 0 aliphatic rings. The molecule has 1 atom stereocenters. The molecule has 0 spiro atoms. The van der Waals surface area contributed by atoms with E-state index < -0.39 is 24.0 Å². The molecule has 0 saturated carbocycles. The molecule has 2 rings (SSSR count). The Balaban J connectivity index is 1.87. The zero-order chi connectivity index (χ0) is 19.1. The number of imide groups is 1. The number of carbonyl (C=O) groups excluding carboxylic acids is 3. The van der Waals surface area contributed by atoms with Crippen molar-refractivity contribution >= 4 is 29.2 Å². The van der Waals surface area contributed by atoms with Crippen molar-refractivity contribution < 1.29 is 23.9 Å². The molecule has 9 heteroatoms. The van der Waals surface area contributed by atoms with Crippen molar-refractivity contribution in [2.24, 2.45) is 0 Å². The number of amides is 3. The number of hydrogen-bond acceptors (Lipinski definition) is 7. The molecule has 26 heavy (non-hydrogen) atoms. The van der Waals surface area contributed by atoms with Crippen LogP contribution in [0.25, 0.3) is 0 Å². The van der Waals surface area contributed by atoms with Gasteiger partial charge in [0.15, 0.2) is 6.10 Å². The molecule has 2 N–H and O–H groups in total. The van der Waals surface area contributed by atoms with Crippen LogP contribution in [0.1, 0.15) is 28.0 Å². The number of ether oxygens (including phenoxy) is 2. The summed E-state index contributed by atoms with van der Waals surface area (Å²) in [4.78, 5) is 39.1. The Hall–Kier alpha value is -2.94. The maximum atomic E-state index is 12.1. The standard InChI is InChI=1S/C17H19N3O5S/c1-10(15(21)20-17(23)18-3)25-16(22)12-4-6-14(7-5-12)24-8-13-9-26-11(2)19-13/h4-7,9-10H,8H2,1-3H3,(H2,18,20,21,23)/t10-/m0/s1. The Morgan fingerprint density at radius 3 is 2.50 bits per heavy atom. The lowest BCUT2D eigenvalue weighted by molar-refractivity contribution is -0.127. The molecule has 0 aliphatic heterocycles. The third-order valence-corrected chi connectivity index (χ3v) is 4.08. The highest BCUT2D eigenvalue weighted by Gasteiger charge is 2.20. The molecule has 1 aromatic heterocycles. The molecular formula is C17H19N3O5S. The Morgan fingerprint density at radius 1 is 1.23 bits per heavy atom. The fourth-order valence-electron chi connectivity index (χ4n) is 1.88. The van der Waals surface area contributed by atoms with E-state index in [0.29, 0.717) is 12.4 Å². The lowest BCUT2D eigenvalue weighted by Crippen LogP contribution is -2.43. The van der Waals surface area contributed by atoms with Crippen molar-refractivity contribution in [1.82, 2.24) is 15.6 Å². The van der Waals surface area contributed by atoms with Crippen LogP contribution < -0.4 is 15.4 Å². The van der Waals surface area contributed by atoms with E-state index >= 15 is 0 Å². The summed E-state index contributed by atoms with van der Waals surface area (Å²) in [7, 11) is 1.37. The summed E-state index contributed by atoms with van der Waals surface area (Å²) in [6.07, 6.45) is -1.11. The number of aryl methyl sites for hydroxylation is 1. The number of hydrogen-bond donors (Lipinski definition) is 2. The van der Waals surface area contributed by atoms with E-state index in [-0.39, 0.29) is 5.56 Å². The van der Waals surface area contributed by atoms with Crippen molar-refractivity contribution in [3.63, 3.8) is 0 Å². The second kappa shape index (κ2) is 8.95. The number of aromatic nitrogens is 1. The molecule has 2 aromatic rings. The summed E-state index contributed by atoms with van der Waals surface area (Å²) in [5.74, 6) is -0.806. The molecule has 0 saturated heterocycles. The number of nitrogens with zero attached hydrogens (tertiary/aromatic N) is 1. The van der Waals surface area contributed by atoms with Gasteiger partial charge in [-0.15, -0.1) is 11.3 Å². The first-order valence-electron chi connectivity index (χ1n) is 7.76. The number of thiazole rings is 1. The van der Waals surface area contributed by atoms with Crippen molar-refractivity contribution in [1.29, 1.82) is 0 Å². The van der Waals surface area contributed by atoms with Gasteiger partial charge in [-0.2, -0.15) is 0 Å². The topological polar surface area (TPSA) is 107 Å². The zero-order valence-corrected chi connectivity index (χ0v) is 15.4. The van der Waals surface area contributed by atoms with Gasteiger partial charge in [0.1, 0.15) is 12.4 Å². The van der Waals surface area contributed by atoms with Crippen LogP contribution in [0.3, 0.4) is 0 Å². The molecule has 1 aromatic carbocycles. The second-order valence-corrected chi connectivity index (χ2v) is 6.35. The fraction of sp³-hybridized carbons (Fsp3) is 0.294. The van der Waals surface area contributed by atoms with Crippen LogP contribution >= 0.6 is 11.3 Å². The molecule has 3 amide bonds. The predicted molar refractivity (Wildman–Crippen MR) is 95.1 cm³/mol. The van der Waals surface area contributed by atoms with Crippen LogP contribution in [0.2, 0.25) is 0 Å². The van der Waals surface area contributed by atoms with E-state index in [4.69, 9.17) is 9.47 Å². The lowest BCUT2D eigenvalue weighted by atomic mass is 10.2. The van der Waals surface area contributed by atoms with Gasteiger partial charge in [-0.3, -0.25) is 10.1 Å². The first-order valence-corrected chi connectivity index (χ1v) is 8.64. The van der Waals surface area contributed by atoms with Gasteiger partial charge < -0.3 is 14.8 Å². The van der Waals surface area contributed by atoms with Crippen LogP contribution in [0.4, 0.5) is 4.79 Å². The van der Waals surface area contributed by atoms with Crippen molar-refractivity contribution in [3.05, 3.63) is 45.9 Å². The summed E-state index contributed by atoms with van der Waals surface area (Å²) in [6.45, 7) is 3.64. The summed E-state index contributed by atoms with van der Waals surface area (Å²) in [5, 5.41) is 7.17. The van der Waals surface area contributed by atoms with Crippen LogP contribution in [-0.2, 0) is 16.1 Å². The Kier molecular flexibility index (Phi) is 6.67. The van der Waals surface area contributed by atoms with E-state index in [1.165, 1.54) is 26.1 Å². The Morgan fingerprint density at radius 2 is 1.92 bits per heavy atom. The van der Waals surface area contributed by atoms with E-state index in [2.05, 4.69) is 10.3 Å². The number of urea groups is 1. The van der Waals surface area contributed by atoms with Crippen LogP contribution in [0, 0.1) is 6.92 Å². The molecular weight excluding hydrogens is 358 g/mol. The Labute approximate surface area is 154 Å². The van der Waals surface area contributed by atoms with Gasteiger partial charge in [-0.1, -0.05) is 0 Å². The smallest absolute Gasteiger partial charge is 0.338 e. The van der Waals surface area contributed by atoms with Gasteiger partial charge in [-0.25, -0.2) is 14.6 Å². The lowest BCUT2D eigenvalue weighted by Gasteiger charge is -2.13. The molecule has 1 heterocycles. The average Bonchev–Trinajstić information content (AvgIpc) is 3.05. The number of rotatable bonds is 6. The van der Waals surface area contributed by atoms with Gasteiger partial charge in [0.05, 0.1) is 16.3 Å².